The Bertz CT molecular complexity index is 480. The third-order valence-corrected chi connectivity index (χ3v) is 5.24. The quantitative estimate of drug-likeness (QED) is 0.842. The first-order valence-electron chi connectivity index (χ1n) is 7.89. The minimum Gasteiger partial charge on any atom is -0.310 e. The maximum absolute atomic E-state index is 12.7. The van der Waals surface area contributed by atoms with E-state index >= 15 is 0 Å². The Labute approximate surface area is 123 Å². The normalized spacial score (nSPS) is 29.8. The molecule has 2 saturated carbocycles. The highest BCUT2D eigenvalue weighted by Crippen LogP contribution is 2.52. The van der Waals surface area contributed by atoms with Gasteiger partial charge in [-0.25, -0.2) is 0 Å². The summed E-state index contributed by atoms with van der Waals surface area (Å²) >= 11 is 0. The van der Waals surface area contributed by atoms with Gasteiger partial charge in [0.2, 0.25) is 0 Å². The third-order valence-electron chi connectivity index (χ3n) is 5.24. The van der Waals surface area contributed by atoms with Gasteiger partial charge in [0.25, 0.3) is 0 Å². The maximum Gasteiger partial charge on any atom is 0.416 e. The van der Waals surface area contributed by atoms with Crippen LogP contribution in [0.1, 0.15) is 49.8 Å². The molecule has 0 spiro atoms. The number of halogens is 3. The maximum atomic E-state index is 12.7. The Hall–Kier alpha value is -1.03. The van der Waals surface area contributed by atoms with Crippen molar-refractivity contribution in [2.45, 2.75) is 44.8 Å². The van der Waals surface area contributed by atoms with Gasteiger partial charge in [-0.05, 0) is 61.3 Å². The molecule has 1 N–H and O–H groups in total. The van der Waals surface area contributed by atoms with Crippen LogP contribution in [0.2, 0.25) is 0 Å². The Morgan fingerprint density at radius 3 is 2.33 bits per heavy atom. The monoisotopic (exact) mass is 297 g/mol. The van der Waals surface area contributed by atoms with E-state index in [2.05, 4.69) is 12.2 Å². The SMILES string of the molecule is CCNC(c1ccc(C(F)(F)F)cc1)C1CC2CCC1C2. The lowest BCUT2D eigenvalue weighted by Gasteiger charge is -2.31. The molecule has 4 atom stereocenters. The van der Waals surface area contributed by atoms with E-state index in [-0.39, 0.29) is 6.04 Å². The molecule has 1 aromatic rings. The van der Waals surface area contributed by atoms with Gasteiger partial charge in [-0.15, -0.1) is 0 Å². The molecule has 1 aromatic carbocycles. The van der Waals surface area contributed by atoms with Gasteiger partial charge in [0, 0.05) is 6.04 Å². The van der Waals surface area contributed by atoms with E-state index in [1.165, 1.54) is 37.8 Å². The van der Waals surface area contributed by atoms with Crippen molar-refractivity contribution in [3.63, 3.8) is 0 Å². The minimum absolute atomic E-state index is 0.201. The first kappa shape index (κ1) is 14.9. The van der Waals surface area contributed by atoms with Crippen molar-refractivity contribution in [2.24, 2.45) is 17.8 Å². The molecule has 116 valence electrons. The Kier molecular flexibility index (Phi) is 4.00. The summed E-state index contributed by atoms with van der Waals surface area (Å²) in [6.45, 7) is 2.91. The fourth-order valence-electron chi connectivity index (χ4n) is 4.32. The largest absolute Gasteiger partial charge is 0.416 e. The van der Waals surface area contributed by atoms with Gasteiger partial charge in [-0.1, -0.05) is 25.5 Å². The van der Waals surface area contributed by atoms with E-state index in [0.717, 1.165) is 23.9 Å². The van der Waals surface area contributed by atoms with Crippen molar-refractivity contribution in [3.8, 4) is 0 Å². The van der Waals surface area contributed by atoms with Gasteiger partial charge in [-0.2, -0.15) is 13.2 Å². The summed E-state index contributed by atoms with van der Waals surface area (Å²) in [4.78, 5) is 0. The van der Waals surface area contributed by atoms with Crippen LogP contribution in [0, 0.1) is 17.8 Å². The van der Waals surface area contributed by atoms with Crippen LogP contribution in [0.5, 0.6) is 0 Å². The lowest BCUT2D eigenvalue weighted by molar-refractivity contribution is -0.137. The topological polar surface area (TPSA) is 12.0 Å². The highest BCUT2D eigenvalue weighted by Gasteiger charge is 2.43. The summed E-state index contributed by atoms with van der Waals surface area (Å²) in [6, 6.07) is 5.94. The molecule has 0 heterocycles. The zero-order valence-electron chi connectivity index (χ0n) is 12.3. The number of fused-ring (bicyclic) bond motifs is 2. The zero-order chi connectivity index (χ0) is 15.0. The number of benzene rings is 1. The van der Waals surface area contributed by atoms with E-state index in [0.29, 0.717) is 5.92 Å². The van der Waals surface area contributed by atoms with Crippen LogP contribution in [-0.4, -0.2) is 6.54 Å². The lowest BCUT2D eigenvalue weighted by Crippen LogP contribution is -2.31. The van der Waals surface area contributed by atoms with Crippen LogP contribution in [0.4, 0.5) is 13.2 Å². The van der Waals surface area contributed by atoms with E-state index in [4.69, 9.17) is 0 Å². The fourth-order valence-corrected chi connectivity index (χ4v) is 4.32. The van der Waals surface area contributed by atoms with Crippen LogP contribution in [0.15, 0.2) is 24.3 Å². The summed E-state index contributed by atoms with van der Waals surface area (Å²) in [5.74, 6) is 2.18. The molecule has 0 amide bonds. The van der Waals surface area contributed by atoms with Gasteiger partial charge < -0.3 is 5.32 Å². The third kappa shape index (κ3) is 2.96. The second-order valence-electron chi connectivity index (χ2n) is 6.49. The smallest absolute Gasteiger partial charge is 0.310 e. The predicted octanol–water partition coefficient (Wildman–Crippen LogP) is 4.79. The molecule has 0 aliphatic heterocycles. The van der Waals surface area contributed by atoms with Gasteiger partial charge in [0.1, 0.15) is 0 Å². The summed E-state index contributed by atoms with van der Waals surface area (Å²) < 4.78 is 38.0. The standard InChI is InChI=1S/C17H22F3N/c1-2-21-16(15-10-11-3-4-13(15)9-11)12-5-7-14(8-6-12)17(18,19)20/h5-8,11,13,15-16,21H,2-4,9-10H2,1H3. The minimum atomic E-state index is -4.25. The molecular formula is C17H22F3N. The lowest BCUT2D eigenvalue weighted by atomic mass is 9.80. The van der Waals surface area contributed by atoms with Crippen LogP contribution in [-0.2, 0) is 6.18 Å². The van der Waals surface area contributed by atoms with Crippen molar-refractivity contribution < 1.29 is 13.2 Å². The van der Waals surface area contributed by atoms with Crippen molar-refractivity contribution in [3.05, 3.63) is 35.4 Å². The molecule has 3 rings (SSSR count). The van der Waals surface area contributed by atoms with Crippen molar-refractivity contribution in [1.82, 2.24) is 5.32 Å². The second-order valence-corrected chi connectivity index (χ2v) is 6.49. The Morgan fingerprint density at radius 1 is 1.14 bits per heavy atom. The van der Waals surface area contributed by atoms with Gasteiger partial charge in [-0.3, -0.25) is 0 Å². The first-order chi connectivity index (χ1) is 9.99. The van der Waals surface area contributed by atoms with E-state index in [9.17, 15) is 13.2 Å². The Morgan fingerprint density at radius 2 is 1.86 bits per heavy atom. The molecule has 1 nitrogen and oxygen atoms in total. The van der Waals surface area contributed by atoms with E-state index in [1.807, 2.05) is 0 Å². The van der Waals surface area contributed by atoms with Crippen molar-refractivity contribution >= 4 is 0 Å². The van der Waals surface area contributed by atoms with Crippen LogP contribution < -0.4 is 5.32 Å². The molecule has 21 heavy (non-hydrogen) atoms. The van der Waals surface area contributed by atoms with Crippen LogP contribution in [0.25, 0.3) is 0 Å². The molecule has 2 aliphatic carbocycles. The molecule has 0 aromatic heterocycles. The summed E-state index contributed by atoms with van der Waals surface area (Å²) in [5, 5.41) is 3.50. The van der Waals surface area contributed by atoms with Crippen molar-refractivity contribution in [2.75, 3.05) is 6.54 Å². The van der Waals surface area contributed by atoms with Crippen molar-refractivity contribution in [1.29, 1.82) is 0 Å². The predicted molar refractivity (Wildman–Crippen MR) is 76.8 cm³/mol. The molecule has 0 radical (unpaired) electrons. The Balaban J connectivity index is 1.81. The van der Waals surface area contributed by atoms with Gasteiger partial charge in [0.15, 0.2) is 0 Å². The number of rotatable bonds is 4. The number of alkyl halides is 3. The molecule has 2 bridgehead atoms. The molecular weight excluding hydrogens is 275 g/mol. The van der Waals surface area contributed by atoms with Crippen LogP contribution >= 0.6 is 0 Å². The van der Waals surface area contributed by atoms with Gasteiger partial charge in [0.05, 0.1) is 5.56 Å². The summed E-state index contributed by atoms with van der Waals surface area (Å²) in [5.41, 5.74) is 0.442. The first-order valence-corrected chi connectivity index (χ1v) is 7.89. The number of hydrogen-bond acceptors (Lipinski definition) is 1. The molecule has 4 unspecified atom stereocenters. The molecule has 4 heteroatoms. The van der Waals surface area contributed by atoms with E-state index in [1.54, 1.807) is 12.1 Å². The molecule has 0 saturated heterocycles. The molecule has 2 aliphatic rings. The highest BCUT2D eigenvalue weighted by atomic mass is 19.4. The zero-order valence-corrected chi connectivity index (χ0v) is 12.3. The second kappa shape index (κ2) is 5.64. The average Bonchev–Trinajstić information content (AvgIpc) is 3.06. The highest BCUT2D eigenvalue weighted by molar-refractivity contribution is 5.28. The fraction of sp³-hybridized carbons (Fsp3) is 0.647. The molecule has 2 fully saturated rings. The summed E-state index contributed by atoms with van der Waals surface area (Å²) in [6.07, 6.45) is 0.917. The van der Waals surface area contributed by atoms with Gasteiger partial charge >= 0.3 is 6.18 Å². The van der Waals surface area contributed by atoms with Crippen LogP contribution in [0.3, 0.4) is 0 Å². The summed E-state index contributed by atoms with van der Waals surface area (Å²) in [7, 11) is 0. The average molecular weight is 297 g/mol. The number of hydrogen-bond donors (Lipinski definition) is 1. The van der Waals surface area contributed by atoms with E-state index < -0.39 is 11.7 Å². The number of nitrogens with one attached hydrogen (secondary N) is 1.